The van der Waals surface area contributed by atoms with Gasteiger partial charge in [-0.3, -0.25) is 9.59 Å². The maximum atomic E-state index is 13.0. The number of rotatable bonds is 6. The molecule has 2 aliphatic rings. The lowest BCUT2D eigenvalue weighted by Gasteiger charge is -2.28. The van der Waals surface area contributed by atoms with Crippen molar-refractivity contribution in [2.45, 2.75) is 45.3 Å². The standard InChI is InChI=1S/C24H29N3O4/c1-15(2)11-20(24(29)26-18-7-8-21-22(13-18)31-10-9-30-21)27-23(28)19-12-16-5-3-4-6-17(16)14-25-19/h3-8,13,15,19-20,25H,9-12,14H2,1-2H3,(H,26,29)(H,27,28)/t19-,20+/m1/s1. The minimum atomic E-state index is -0.625. The molecular weight excluding hydrogens is 394 g/mol. The largest absolute Gasteiger partial charge is 0.486 e. The van der Waals surface area contributed by atoms with Gasteiger partial charge in [-0.15, -0.1) is 0 Å². The number of amides is 2. The molecule has 2 amide bonds. The lowest BCUT2D eigenvalue weighted by Crippen LogP contribution is -2.53. The summed E-state index contributed by atoms with van der Waals surface area (Å²) in [6.07, 6.45) is 1.16. The van der Waals surface area contributed by atoms with Crippen LogP contribution in [0.15, 0.2) is 42.5 Å². The van der Waals surface area contributed by atoms with Crippen LogP contribution in [0.3, 0.4) is 0 Å². The number of ether oxygens (including phenoxy) is 2. The number of carbonyl (C=O) groups is 2. The highest BCUT2D eigenvalue weighted by atomic mass is 16.6. The van der Waals surface area contributed by atoms with Crippen molar-refractivity contribution in [3.05, 3.63) is 53.6 Å². The molecule has 3 N–H and O–H groups in total. The molecule has 0 saturated heterocycles. The van der Waals surface area contributed by atoms with Crippen molar-refractivity contribution in [3.8, 4) is 11.5 Å². The first-order valence-corrected chi connectivity index (χ1v) is 10.8. The molecule has 0 bridgehead atoms. The van der Waals surface area contributed by atoms with E-state index in [4.69, 9.17) is 9.47 Å². The van der Waals surface area contributed by atoms with E-state index < -0.39 is 6.04 Å². The molecule has 31 heavy (non-hydrogen) atoms. The molecule has 2 aromatic rings. The summed E-state index contributed by atoms with van der Waals surface area (Å²) in [6.45, 7) is 5.71. The monoisotopic (exact) mass is 423 g/mol. The number of carbonyl (C=O) groups excluding carboxylic acids is 2. The third-order valence-electron chi connectivity index (χ3n) is 5.55. The molecule has 0 radical (unpaired) electrons. The smallest absolute Gasteiger partial charge is 0.246 e. The Balaban J connectivity index is 1.42. The minimum absolute atomic E-state index is 0.155. The molecule has 0 saturated carbocycles. The second kappa shape index (κ2) is 9.39. The Labute approximate surface area is 182 Å². The molecule has 2 atom stereocenters. The van der Waals surface area contributed by atoms with Gasteiger partial charge >= 0.3 is 0 Å². The van der Waals surface area contributed by atoms with Crippen molar-refractivity contribution in [3.63, 3.8) is 0 Å². The van der Waals surface area contributed by atoms with Gasteiger partial charge in [0.15, 0.2) is 11.5 Å². The van der Waals surface area contributed by atoms with Gasteiger partial charge in [-0.25, -0.2) is 0 Å². The van der Waals surface area contributed by atoms with Crippen molar-refractivity contribution in [1.29, 1.82) is 0 Å². The van der Waals surface area contributed by atoms with E-state index in [1.807, 2.05) is 26.0 Å². The summed E-state index contributed by atoms with van der Waals surface area (Å²) in [5.41, 5.74) is 2.99. The van der Waals surface area contributed by atoms with E-state index in [1.54, 1.807) is 18.2 Å². The molecule has 164 valence electrons. The molecule has 2 aromatic carbocycles. The zero-order valence-corrected chi connectivity index (χ0v) is 17.9. The quantitative estimate of drug-likeness (QED) is 0.665. The van der Waals surface area contributed by atoms with Gasteiger partial charge in [0.2, 0.25) is 11.8 Å². The van der Waals surface area contributed by atoms with Gasteiger partial charge in [0, 0.05) is 18.3 Å². The third-order valence-corrected chi connectivity index (χ3v) is 5.55. The zero-order chi connectivity index (χ0) is 21.8. The zero-order valence-electron chi connectivity index (χ0n) is 17.9. The minimum Gasteiger partial charge on any atom is -0.486 e. The number of nitrogens with one attached hydrogen (secondary N) is 3. The fourth-order valence-electron chi connectivity index (χ4n) is 3.97. The predicted octanol–water partition coefficient (Wildman–Crippen LogP) is 2.64. The van der Waals surface area contributed by atoms with E-state index >= 15 is 0 Å². The first-order chi connectivity index (χ1) is 15.0. The van der Waals surface area contributed by atoms with E-state index in [0.717, 1.165) is 0 Å². The van der Waals surface area contributed by atoms with Crippen LogP contribution in [0.2, 0.25) is 0 Å². The molecular formula is C24H29N3O4. The maximum Gasteiger partial charge on any atom is 0.246 e. The molecule has 0 unspecified atom stereocenters. The van der Waals surface area contributed by atoms with Crippen molar-refractivity contribution in [2.24, 2.45) is 5.92 Å². The first kappa shape index (κ1) is 21.2. The number of benzene rings is 2. The fourth-order valence-corrected chi connectivity index (χ4v) is 3.97. The van der Waals surface area contributed by atoms with Crippen LogP contribution in [0, 0.1) is 5.92 Å². The summed E-state index contributed by atoms with van der Waals surface area (Å²) in [5.74, 6) is 1.13. The fraction of sp³-hybridized carbons (Fsp3) is 0.417. The summed E-state index contributed by atoms with van der Waals surface area (Å²) < 4.78 is 11.1. The van der Waals surface area contributed by atoms with Crippen LogP contribution in [-0.4, -0.2) is 37.1 Å². The van der Waals surface area contributed by atoms with Crippen molar-refractivity contribution in [2.75, 3.05) is 18.5 Å². The van der Waals surface area contributed by atoms with E-state index in [-0.39, 0.29) is 23.8 Å². The van der Waals surface area contributed by atoms with Crippen LogP contribution in [0.25, 0.3) is 0 Å². The summed E-state index contributed by atoms with van der Waals surface area (Å²) in [5, 5.41) is 9.16. The summed E-state index contributed by atoms with van der Waals surface area (Å²) in [6, 6.07) is 12.4. The molecule has 0 spiro atoms. The molecule has 7 nitrogen and oxygen atoms in total. The highest BCUT2D eigenvalue weighted by Gasteiger charge is 2.29. The second-order valence-electron chi connectivity index (χ2n) is 8.44. The van der Waals surface area contributed by atoms with E-state index in [1.165, 1.54) is 11.1 Å². The second-order valence-corrected chi connectivity index (χ2v) is 8.44. The molecule has 2 heterocycles. The van der Waals surface area contributed by atoms with Gasteiger partial charge < -0.3 is 25.4 Å². The molecule has 0 aromatic heterocycles. The summed E-state index contributed by atoms with van der Waals surface area (Å²) in [4.78, 5) is 26.0. The van der Waals surface area contributed by atoms with Gasteiger partial charge in [0.25, 0.3) is 0 Å². The van der Waals surface area contributed by atoms with Crippen LogP contribution in [0.4, 0.5) is 5.69 Å². The Kier molecular flexibility index (Phi) is 6.42. The van der Waals surface area contributed by atoms with Gasteiger partial charge in [0.05, 0.1) is 6.04 Å². The Morgan fingerprint density at radius 2 is 1.81 bits per heavy atom. The molecule has 0 aliphatic carbocycles. The van der Waals surface area contributed by atoms with Crippen LogP contribution in [-0.2, 0) is 22.6 Å². The van der Waals surface area contributed by atoms with Crippen molar-refractivity contribution >= 4 is 17.5 Å². The van der Waals surface area contributed by atoms with Gasteiger partial charge in [0.1, 0.15) is 19.3 Å². The van der Waals surface area contributed by atoms with E-state index in [2.05, 4.69) is 28.1 Å². The van der Waals surface area contributed by atoms with E-state index in [9.17, 15) is 9.59 Å². The van der Waals surface area contributed by atoms with E-state index in [0.29, 0.717) is 49.8 Å². The number of hydrogen-bond acceptors (Lipinski definition) is 5. The third kappa shape index (κ3) is 5.17. The van der Waals surface area contributed by atoms with Crippen molar-refractivity contribution in [1.82, 2.24) is 10.6 Å². The normalized spacial score (nSPS) is 18.1. The van der Waals surface area contributed by atoms with Gasteiger partial charge in [-0.05, 0) is 42.0 Å². The van der Waals surface area contributed by atoms with Crippen LogP contribution >= 0.6 is 0 Å². The molecule has 7 heteroatoms. The Hall–Kier alpha value is -3.06. The highest BCUT2D eigenvalue weighted by molar-refractivity contribution is 5.98. The lowest BCUT2D eigenvalue weighted by molar-refractivity contribution is -0.128. The molecule has 2 aliphatic heterocycles. The van der Waals surface area contributed by atoms with Gasteiger partial charge in [-0.1, -0.05) is 38.1 Å². The summed E-state index contributed by atoms with van der Waals surface area (Å²) >= 11 is 0. The number of fused-ring (bicyclic) bond motifs is 2. The predicted molar refractivity (Wildman–Crippen MR) is 118 cm³/mol. The van der Waals surface area contributed by atoms with Crippen LogP contribution in [0.1, 0.15) is 31.4 Å². The first-order valence-electron chi connectivity index (χ1n) is 10.8. The Morgan fingerprint density at radius 1 is 1.06 bits per heavy atom. The summed E-state index contributed by atoms with van der Waals surface area (Å²) in [7, 11) is 0. The van der Waals surface area contributed by atoms with Crippen molar-refractivity contribution < 1.29 is 19.1 Å². The SMILES string of the molecule is CC(C)C[C@H](NC(=O)[C@H]1Cc2ccccc2CN1)C(=O)Nc1ccc2c(c1)OCCO2. The lowest BCUT2D eigenvalue weighted by atomic mass is 9.95. The number of anilines is 1. The van der Waals surface area contributed by atoms with Crippen LogP contribution in [0.5, 0.6) is 11.5 Å². The molecule has 4 rings (SSSR count). The average molecular weight is 424 g/mol. The average Bonchev–Trinajstić information content (AvgIpc) is 2.77. The Bertz CT molecular complexity index is 960. The maximum absolute atomic E-state index is 13.0. The van der Waals surface area contributed by atoms with Crippen LogP contribution < -0.4 is 25.4 Å². The topological polar surface area (TPSA) is 88.7 Å². The Morgan fingerprint density at radius 3 is 2.58 bits per heavy atom. The number of hydrogen-bond donors (Lipinski definition) is 3. The molecule has 0 fully saturated rings. The highest BCUT2D eigenvalue weighted by Crippen LogP contribution is 2.32. The van der Waals surface area contributed by atoms with Gasteiger partial charge in [-0.2, -0.15) is 0 Å².